The molecule has 220 valence electrons. The van der Waals surface area contributed by atoms with Gasteiger partial charge in [-0.05, 0) is 81.8 Å². The largest absolute Gasteiger partial charge is 0.494 e. The second kappa shape index (κ2) is 10.8. The lowest BCUT2D eigenvalue weighted by Crippen LogP contribution is -2.56. The van der Waals surface area contributed by atoms with Crippen LogP contribution >= 0.6 is 0 Å². The molecule has 3 aliphatic rings. The first-order valence-corrected chi connectivity index (χ1v) is 14.6. The molecule has 3 N–H and O–H groups in total. The highest BCUT2D eigenvalue weighted by atomic mass is 16.5. The van der Waals surface area contributed by atoms with Crippen molar-refractivity contribution in [3.8, 4) is 5.75 Å². The molecule has 5 rings (SSSR count). The van der Waals surface area contributed by atoms with E-state index >= 15 is 0 Å². The van der Waals surface area contributed by atoms with E-state index in [1.165, 1.54) is 4.90 Å². The third-order valence-corrected chi connectivity index (χ3v) is 9.52. The topological polar surface area (TPSA) is 117 Å². The predicted octanol–water partition coefficient (Wildman–Crippen LogP) is 4.06. The second-order valence-corrected chi connectivity index (χ2v) is 11.9. The van der Waals surface area contributed by atoms with Gasteiger partial charge < -0.3 is 30.1 Å². The maximum atomic E-state index is 14.3. The molecule has 2 aromatic carbocycles. The number of fused-ring (bicyclic) bond motifs is 1. The van der Waals surface area contributed by atoms with Gasteiger partial charge in [-0.2, -0.15) is 0 Å². The van der Waals surface area contributed by atoms with Crippen LogP contribution in [0.1, 0.15) is 51.7 Å². The first-order chi connectivity index (χ1) is 19.5. The number of para-hydroxylation sites is 1. The molecule has 3 aliphatic heterocycles. The van der Waals surface area contributed by atoms with Gasteiger partial charge in [0, 0.05) is 11.4 Å². The Bertz CT molecular complexity index is 1320. The van der Waals surface area contributed by atoms with Crippen LogP contribution in [0, 0.1) is 31.6 Å². The quantitative estimate of drug-likeness (QED) is 0.424. The third kappa shape index (κ3) is 4.50. The van der Waals surface area contributed by atoms with Crippen LogP contribution in [0.15, 0.2) is 42.5 Å². The second-order valence-electron chi connectivity index (χ2n) is 11.9. The lowest BCUT2D eigenvalue weighted by molar-refractivity contribution is -0.148. The SMILES string of the molecule is CCOc1ccc(NC(=O)[C@@H]2[C@H]3C(=O)N([C@@H](CC)CO)C(C(=O)Nc4c(C)cccc4C)C34CC(C)[C@@]2(C)O4)cc1. The smallest absolute Gasteiger partial charge is 0.250 e. The van der Waals surface area contributed by atoms with Crippen LogP contribution in [-0.4, -0.2) is 64.2 Å². The molecule has 1 spiro atoms. The molecule has 0 aromatic heterocycles. The summed E-state index contributed by atoms with van der Waals surface area (Å²) >= 11 is 0. The summed E-state index contributed by atoms with van der Waals surface area (Å²) in [6.07, 6.45) is 0.907. The zero-order valence-electron chi connectivity index (χ0n) is 24.7. The monoisotopic (exact) mass is 563 g/mol. The fourth-order valence-electron chi connectivity index (χ4n) is 7.41. The molecular weight excluding hydrogens is 522 g/mol. The van der Waals surface area contributed by atoms with E-state index < -0.39 is 35.1 Å². The molecule has 3 amide bonds. The highest BCUT2D eigenvalue weighted by molar-refractivity contribution is 6.05. The molecule has 3 fully saturated rings. The number of carbonyl (C=O) groups is 3. The Morgan fingerprint density at radius 2 is 1.76 bits per heavy atom. The lowest BCUT2D eigenvalue weighted by atomic mass is 9.62. The number of likely N-dealkylation sites (tertiary alicyclic amines) is 1. The standard InChI is InChI=1S/C32H41N3O6/c1-7-22(17-36)35-27(29(38)34-26-18(3)10-9-11-19(26)4)32-16-20(5)31(6,41-32)24(25(32)30(35)39)28(37)33-21-12-14-23(15-13-21)40-8-2/h9-15,20,22,24-25,27,36H,7-8,16-17H2,1-6H3,(H,33,37)(H,34,38)/t20?,22-,24-,25-,27?,31+,32?/m0/s1. The van der Waals surface area contributed by atoms with Gasteiger partial charge in [-0.15, -0.1) is 0 Å². The molecule has 2 aromatic rings. The molecule has 9 nitrogen and oxygen atoms in total. The van der Waals surface area contributed by atoms with Gasteiger partial charge in [-0.3, -0.25) is 14.4 Å². The molecular formula is C32H41N3O6. The maximum absolute atomic E-state index is 14.3. The van der Waals surface area contributed by atoms with Gasteiger partial charge >= 0.3 is 0 Å². The highest BCUT2D eigenvalue weighted by Crippen LogP contribution is 2.65. The summed E-state index contributed by atoms with van der Waals surface area (Å²) in [6.45, 7) is 11.8. The van der Waals surface area contributed by atoms with Crippen molar-refractivity contribution >= 4 is 29.1 Å². The van der Waals surface area contributed by atoms with Gasteiger partial charge in [-0.25, -0.2) is 0 Å². The van der Waals surface area contributed by atoms with Crippen molar-refractivity contribution in [1.29, 1.82) is 0 Å². The van der Waals surface area contributed by atoms with E-state index in [0.717, 1.165) is 11.1 Å². The maximum Gasteiger partial charge on any atom is 0.250 e. The Morgan fingerprint density at radius 3 is 2.34 bits per heavy atom. The van der Waals surface area contributed by atoms with Gasteiger partial charge in [0.2, 0.25) is 17.7 Å². The van der Waals surface area contributed by atoms with E-state index in [1.807, 2.05) is 59.7 Å². The Hall–Kier alpha value is -3.43. The number of anilines is 2. The number of rotatable bonds is 9. The summed E-state index contributed by atoms with van der Waals surface area (Å²) in [4.78, 5) is 44.0. The van der Waals surface area contributed by atoms with Crippen LogP contribution < -0.4 is 15.4 Å². The first-order valence-electron chi connectivity index (χ1n) is 14.6. The number of hydrogen-bond donors (Lipinski definition) is 3. The molecule has 9 heteroatoms. The number of amides is 3. The average molecular weight is 564 g/mol. The van der Waals surface area contributed by atoms with Crippen LogP contribution in [0.4, 0.5) is 11.4 Å². The van der Waals surface area contributed by atoms with E-state index in [4.69, 9.17) is 9.47 Å². The van der Waals surface area contributed by atoms with Gasteiger partial charge in [0.25, 0.3) is 0 Å². The van der Waals surface area contributed by atoms with Crippen LogP contribution in [0.25, 0.3) is 0 Å². The van der Waals surface area contributed by atoms with Crippen molar-refractivity contribution in [3.63, 3.8) is 0 Å². The van der Waals surface area contributed by atoms with Crippen molar-refractivity contribution < 1.29 is 29.0 Å². The van der Waals surface area contributed by atoms with Crippen molar-refractivity contribution in [1.82, 2.24) is 4.90 Å². The van der Waals surface area contributed by atoms with E-state index in [-0.39, 0.29) is 30.2 Å². The zero-order chi connectivity index (χ0) is 29.7. The van der Waals surface area contributed by atoms with Gasteiger partial charge in [0.05, 0.1) is 36.7 Å². The number of benzene rings is 2. The van der Waals surface area contributed by atoms with Crippen LogP contribution in [0.2, 0.25) is 0 Å². The molecule has 0 saturated carbocycles. The number of aryl methyl sites for hydroxylation is 2. The fourth-order valence-corrected chi connectivity index (χ4v) is 7.41. The predicted molar refractivity (Wildman–Crippen MR) is 156 cm³/mol. The van der Waals surface area contributed by atoms with Crippen molar-refractivity contribution in [2.24, 2.45) is 17.8 Å². The number of nitrogens with zero attached hydrogens (tertiary/aromatic N) is 1. The number of aliphatic hydroxyl groups is 1. The first kappa shape index (κ1) is 29.1. The molecule has 7 atom stereocenters. The van der Waals surface area contributed by atoms with Gasteiger partial charge in [-0.1, -0.05) is 32.0 Å². The highest BCUT2D eigenvalue weighted by Gasteiger charge is 2.80. The van der Waals surface area contributed by atoms with E-state index in [1.54, 1.807) is 24.3 Å². The Labute approximate surface area is 241 Å². The summed E-state index contributed by atoms with van der Waals surface area (Å²) < 4.78 is 12.3. The molecule has 3 heterocycles. The number of aliphatic hydroxyl groups excluding tert-OH is 1. The fraction of sp³-hybridized carbons (Fsp3) is 0.531. The molecule has 41 heavy (non-hydrogen) atoms. The van der Waals surface area contributed by atoms with Crippen LogP contribution in [-0.2, 0) is 19.1 Å². The molecule has 0 aliphatic carbocycles. The summed E-state index contributed by atoms with van der Waals surface area (Å²) in [5.41, 5.74) is 0.942. The number of carbonyl (C=O) groups excluding carboxylic acids is 3. The average Bonchev–Trinajstić information content (AvgIpc) is 3.45. The number of hydrogen-bond acceptors (Lipinski definition) is 6. The number of ether oxygens (including phenoxy) is 2. The minimum Gasteiger partial charge on any atom is -0.494 e. The normalized spacial score (nSPS) is 30.7. The van der Waals surface area contributed by atoms with Crippen LogP contribution in [0.3, 0.4) is 0 Å². The summed E-state index contributed by atoms with van der Waals surface area (Å²) in [5, 5.41) is 16.4. The molecule has 0 radical (unpaired) electrons. The van der Waals surface area contributed by atoms with Crippen molar-refractivity contribution in [2.45, 2.75) is 77.7 Å². The molecule has 3 unspecified atom stereocenters. The summed E-state index contributed by atoms with van der Waals surface area (Å²) in [7, 11) is 0. The minimum atomic E-state index is -1.20. The Morgan fingerprint density at radius 1 is 1.10 bits per heavy atom. The minimum absolute atomic E-state index is 0.0905. The number of nitrogens with one attached hydrogen (secondary N) is 2. The van der Waals surface area contributed by atoms with Crippen LogP contribution in [0.5, 0.6) is 5.75 Å². The van der Waals surface area contributed by atoms with E-state index in [0.29, 0.717) is 36.6 Å². The third-order valence-electron chi connectivity index (χ3n) is 9.52. The Balaban J connectivity index is 1.53. The lowest BCUT2D eigenvalue weighted by Gasteiger charge is -2.36. The molecule has 2 bridgehead atoms. The van der Waals surface area contributed by atoms with Crippen molar-refractivity contribution in [2.75, 3.05) is 23.8 Å². The molecule has 3 saturated heterocycles. The van der Waals surface area contributed by atoms with E-state index in [2.05, 4.69) is 10.6 Å². The summed E-state index contributed by atoms with van der Waals surface area (Å²) in [5.74, 6) is -2.09. The van der Waals surface area contributed by atoms with E-state index in [9.17, 15) is 19.5 Å². The summed E-state index contributed by atoms with van der Waals surface area (Å²) in [6, 6.07) is 11.3. The van der Waals surface area contributed by atoms with Gasteiger partial charge in [0.1, 0.15) is 17.4 Å². The Kier molecular flexibility index (Phi) is 7.63. The zero-order valence-corrected chi connectivity index (χ0v) is 24.7. The van der Waals surface area contributed by atoms with Crippen molar-refractivity contribution in [3.05, 3.63) is 53.6 Å². The van der Waals surface area contributed by atoms with Gasteiger partial charge in [0.15, 0.2) is 0 Å².